The van der Waals surface area contributed by atoms with E-state index in [9.17, 15) is 9.59 Å². The molecule has 2 aromatic carbocycles. The van der Waals surface area contributed by atoms with E-state index < -0.39 is 0 Å². The smallest absolute Gasteiger partial charge is 0.255 e. The van der Waals surface area contributed by atoms with Gasteiger partial charge in [0.2, 0.25) is 0 Å². The number of carbonyl (C=O) groups excluding carboxylic acids is 2. The summed E-state index contributed by atoms with van der Waals surface area (Å²) < 4.78 is 0. The van der Waals surface area contributed by atoms with E-state index in [2.05, 4.69) is 9.97 Å². The van der Waals surface area contributed by atoms with Gasteiger partial charge >= 0.3 is 0 Å². The normalized spacial score (nSPS) is 10.9. The molecule has 0 aliphatic rings. The molecule has 0 aliphatic heterocycles. The SMILES string of the molecule is CN(CCN(C)C(=O)c1cccc2cccnc12)C(=O)c1cccc2cccnc12. The Kier molecular flexibility index (Phi) is 5.39. The summed E-state index contributed by atoms with van der Waals surface area (Å²) in [5.41, 5.74) is 2.48. The van der Waals surface area contributed by atoms with Gasteiger partial charge in [0.25, 0.3) is 11.8 Å². The average Bonchev–Trinajstić information content (AvgIpc) is 2.80. The van der Waals surface area contributed by atoms with Gasteiger partial charge in [-0.2, -0.15) is 0 Å². The summed E-state index contributed by atoms with van der Waals surface area (Å²) in [5, 5.41) is 1.85. The topological polar surface area (TPSA) is 66.4 Å². The van der Waals surface area contributed by atoms with Crippen LogP contribution in [-0.4, -0.2) is 58.8 Å². The van der Waals surface area contributed by atoms with Crippen LogP contribution in [0.4, 0.5) is 0 Å². The highest BCUT2D eigenvalue weighted by atomic mass is 16.2. The first-order chi connectivity index (χ1) is 14.6. The van der Waals surface area contributed by atoms with E-state index in [0.29, 0.717) is 35.2 Å². The van der Waals surface area contributed by atoms with Crippen LogP contribution in [-0.2, 0) is 0 Å². The predicted octanol–water partition coefficient (Wildman–Crippen LogP) is 3.63. The summed E-state index contributed by atoms with van der Waals surface area (Å²) in [6, 6.07) is 18.7. The monoisotopic (exact) mass is 398 g/mol. The van der Waals surface area contributed by atoms with Crippen LogP contribution in [0.1, 0.15) is 20.7 Å². The third kappa shape index (κ3) is 3.72. The van der Waals surface area contributed by atoms with Crippen LogP contribution in [0.3, 0.4) is 0 Å². The van der Waals surface area contributed by atoms with Gasteiger partial charge < -0.3 is 9.80 Å². The number of nitrogens with zero attached hydrogens (tertiary/aromatic N) is 4. The molecule has 0 unspecified atom stereocenters. The predicted molar refractivity (Wildman–Crippen MR) is 117 cm³/mol. The Morgan fingerprint density at radius 1 is 0.667 bits per heavy atom. The Morgan fingerprint density at radius 2 is 1.07 bits per heavy atom. The van der Waals surface area contributed by atoms with E-state index in [4.69, 9.17) is 0 Å². The van der Waals surface area contributed by atoms with Gasteiger partial charge in [0.1, 0.15) is 0 Å². The third-order valence-corrected chi connectivity index (χ3v) is 5.19. The molecule has 0 N–H and O–H groups in total. The molecule has 0 saturated carbocycles. The Balaban J connectivity index is 1.47. The molecule has 2 heterocycles. The van der Waals surface area contributed by atoms with Gasteiger partial charge in [-0.1, -0.05) is 36.4 Å². The van der Waals surface area contributed by atoms with Crippen LogP contribution >= 0.6 is 0 Å². The number of rotatable bonds is 5. The second kappa shape index (κ2) is 8.29. The molecule has 6 heteroatoms. The quantitative estimate of drug-likeness (QED) is 0.515. The second-order valence-corrected chi connectivity index (χ2v) is 7.21. The van der Waals surface area contributed by atoms with Crippen molar-refractivity contribution in [1.29, 1.82) is 0 Å². The lowest BCUT2D eigenvalue weighted by atomic mass is 10.1. The molecule has 150 valence electrons. The van der Waals surface area contributed by atoms with Gasteiger partial charge in [0, 0.05) is 50.4 Å². The molecular formula is C24H22N4O2. The highest BCUT2D eigenvalue weighted by Gasteiger charge is 2.19. The second-order valence-electron chi connectivity index (χ2n) is 7.21. The number of para-hydroxylation sites is 2. The molecule has 0 aliphatic carbocycles. The molecule has 4 rings (SSSR count). The van der Waals surface area contributed by atoms with Crippen LogP contribution in [0.15, 0.2) is 73.1 Å². The maximum Gasteiger partial charge on any atom is 0.255 e. The summed E-state index contributed by atoms with van der Waals surface area (Å²) >= 11 is 0. The van der Waals surface area contributed by atoms with Gasteiger partial charge in [-0.3, -0.25) is 19.6 Å². The van der Waals surface area contributed by atoms with E-state index in [1.165, 1.54) is 0 Å². The highest BCUT2D eigenvalue weighted by molar-refractivity contribution is 6.06. The van der Waals surface area contributed by atoms with Crippen molar-refractivity contribution in [1.82, 2.24) is 19.8 Å². The maximum atomic E-state index is 13.0. The van der Waals surface area contributed by atoms with Gasteiger partial charge in [0.05, 0.1) is 22.2 Å². The minimum Gasteiger partial charge on any atom is -0.340 e. The fourth-order valence-electron chi connectivity index (χ4n) is 3.47. The van der Waals surface area contributed by atoms with Crippen molar-refractivity contribution in [2.45, 2.75) is 0 Å². The minimum atomic E-state index is -0.119. The molecule has 0 fully saturated rings. The van der Waals surface area contributed by atoms with Crippen molar-refractivity contribution in [3.63, 3.8) is 0 Å². The zero-order chi connectivity index (χ0) is 21.1. The lowest BCUT2D eigenvalue weighted by molar-refractivity contribution is 0.0720. The number of benzene rings is 2. The molecule has 6 nitrogen and oxygen atoms in total. The van der Waals surface area contributed by atoms with Crippen molar-refractivity contribution in [2.24, 2.45) is 0 Å². The van der Waals surface area contributed by atoms with Crippen LogP contribution in [0, 0.1) is 0 Å². The third-order valence-electron chi connectivity index (χ3n) is 5.19. The number of fused-ring (bicyclic) bond motifs is 2. The molecule has 30 heavy (non-hydrogen) atoms. The number of hydrogen-bond donors (Lipinski definition) is 0. The van der Waals surface area contributed by atoms with Crippen molar-refractivity contribution >= 4 is 33.6 Å². The number of aromatic nitrogens is 2. The molecule has 0 atom stereocenters. The van der Waals surface area contributed by atoms with E-state index in [-0.39, 0.29) is 11.8 Å². The lowest BCUT2D eigenvalue weighted by Crippen LogP contribution is -2.37. The number of hydrogen-bond acceptors (Lipinski definition) is 4. The molecule has 0 saturated heterocycles. The summed E-state index contributed by atoms with van der Waals surface area (Å²) in [4.78, 5) is 37.9. The average molecular weight is 398 g/mol. The first kappa shape index (κ1) is 19.5. The van der Waals surface area contributed by atoms with Crippen molar-refractivity contribution in [3.05, 3.63) is 84.2 Å². The molecule has 0 spiro atoms. The zero-order valence-electron chi connectivity index (χ0n) is 16.9. The number of pyridine rings is 2. The van der Waals surface area contributed by atoms with Crippen molar-refractivity contribution < 1.29 is 9.59 Å². The molecular weight excluding hydrogens is 376 g/mol. The van der Waals surface area contributed by atoms with Crippen LogP contribution in [0.25, 0.3) is 21.8 Å². The Morgan fingerprint density at radius 3 is 1.50 bits per heavy atom. The Bertz CT molecular complexity index is 1130. The van der Waals surface area contributed by atoms with E-state index in [1.54, 1.807) is 48.4 Å². The van der Waals surface area contributed by atoms with Gasteiger partial charge in [-0.15, -0.1) is 0 Å². The molecule has 4 aromatic rings. The zero-order valence-corrected chi connectivity index (χ0v) is 16.9. The highest BCUT2D eigenvalue weighted by Crippen LogP contribution is 2.19. The van der Waals surface area contributed by atoms with Gasteiger partial charge in [-0.25, -0.2) is 0 Å². The van der Waals surface area contributed by atoms with Crippen LogP contribution in [0.5, 0.6) is 0 Å². The largest absolute Gasteiger partial charge is 0.340 e. The minimum absolute atomic E-state index is 0.119. The number of likely N-dealkylation sites (N-methyl/N-ethyl adjacent to an activating group) is 2. The fraction of sp³-hybridized carbons (Fsp3) is 0.167. The van der Waals surface area contributed by atoms with Crippen molar-refractivity contribution in [3.8, 4) is 0 Å². The standard InChI is InChI=1S/C24H22N4O2/c1-27(23(29)19-11-3-7-17-9-5-13-25-21(17)19)15-16-28(2)24(30)20-12-4-8-18-10-6-14-26-22(18)20/h3-14H,15-16H2,1-2H3. The first-order valence-electron chi connectivity index (χ1n) is 9.74. The lowest BCUT2D eigenvalue weighted by Gasteiger charge is -2.23. The van der Waals surface area contributed by atoms with E-state index in [0.717, 1.165) is 10.8 Å². The summed E-state index contributed by atoms with van der Waals surface area (Å²) in [7, 11) is 3.48. The maximum absolute atomic E-state index is 13.0. The Hall–Kier alpha value is -3.80. The van der Waals surface area contributed by atoms with Crippen LogP contribution < -0.4 is 0 Å². The number of carbonyl (C=O) groups is 2. The molecule has 2 aromatic heterocycles. The van der Waals surface area contributed by atoms with Crippen LogP contribution in [0.2, 0.25) is 0 Å². The molecule has 0 bridgehead atoms. The van der Waals surface area contributed by atoms with Gasteiger partial charge in [-0.05, 0) is 24.3 Å². The summed E-state index contributed by atoms with van der Waals surface area (Å²) in [6.07, 6.45) is 3.37. The first-order valence-corrected chi connectivity index (χ1v) is 9.74. The molecule has 2 amide bonds. The van der Waals surface area contributed by atoms with E-state index in [1.807, 2.05) is 48.5 Å². The van der Waals surface area contributed by atoms with Crippen molar-refractivity contribution in [2.75, 3.05) is 27.2 Å². The van der Waals surface area contributed by atoms with Gasteiger partial charge in [0.15, 0.2) is 0 Å². The summed E-state index contributed by atoms with van der Waals surface area (Å²) in [6.45, 7) is 0.810. The summed E-state index contributed by atoms with van der Waals surface area (Å²) in [5.74, 6) is -0.237. The molecule has 0 radical (unpaired) electrons. The number of amides is 2. The van der Waals surface area contributed by atoms with E-state index >= 15 is 0 Å². The Labute approximate surface area is 174 Å². The fourth-order valence-corrected chi connectivity index (χ4v) is 3.47.